The van der Waals surface area contributed by atoms with E-state index in [4.69, 9.17) is 0 Å². The Morgan fingerprint density at radius 3 is 2.90 bits per heavy atom. The van der Waals surface area contributed by atoms with E-state index in [1.54, 1.807) is 6.08 Å². The van der Waals surface area contributed by atoms with Crippen LogP contribution in [0.4, 0.5) is 0 Å². The number of carbonyl (C=O) groups is 1. The van der Waals surface area contributed by atoms with Gasteiger partial charge in [0.2, 0.25) is 0 Å². The van der Waals surface area contributed by atoms with Crippen molar-refractivity contribution in [1.29, 1.82) is 0 Å². The molecule has 0 saturated heterocycles. The predicted octanol–water partition coefficient (Wildman–Crippen LogP) is 1.72. The van der Waals surface area contributed by atoms with Crippen molar-refractivity contribution in [3.8, 4) is 0 Å². The van der Waals surface area contributed by atoms with Crippen molar-refractivity contribution in [2.75, 3.05) is 7.11 Å². The fraction of sp³-hybridized carbons (Fsp3) is 0.500. The number of unbranched alkanes of at least 4 members (excludes halogenated alkanes) is 1. The molecule has 0 aliphatic rings. The maximum atomic E-state index is 10.5. The minimum atomic E-state index is -0.141. The molecule has 10 heavy (non-hydrogen) atoms. The molecule has 0 aromatic carbocycles. The molecule has 0 heterocycles. The van der Waals surface area contributed by atoms with Crippen molar-refractivity contribution in [2.45, 2.75) is 19.3 Å². The first-order chi connectivity index (χ1) is 4.81. The molecule has 0 aromatic heterocycles. The van der Waals surface area contributed by atoms with Gasteiger partial charge in [0.25, 0.3) is 0 Å². The van der Waals surface area contributed by atoms with Crippen molar-refractivity contribution < 1.29 is 9.53 Å². The second kappa shape index (κ2) is 6.33. The molecule has 0 unspecified atom stereocenters. The largest absolute Gasteiger partial charge is 0.469 e. The summed E-state index contributed by atoms with van der Waals surface area (Å²) in [5, 5.41) is 0. The summed E-state index contributed by atoms with van der Waals surface area (Å²) < 4.78 is 4.45. The van der Waals surface area contributed by atoms with Gasteiger partial charge in [-0.05, 0) is 19.8 Å². The van der Waals surface area contributed by atoms with Gasteiger partial charge in [0.05, 0.1) is 7.11 Å². The van der Waals surface area contributed by atoms with Gasteiger partial charge in [-0.15, -0.1) is 0 Å². The molecule has 0 fully saturated rings. The number of hydrogen-bond acceptors (Lipinski definition) is 2. The highest BCUT2D eigenvalue weighted by Gasteiger charge is 1.96. The molecule has 0 N–H and O–H groups in total. The van der Waals surface area contributed by atoms with Gasteiger partial charge < -0.3 is 4.74 Å². The van der Waals surface area contributed by atoms with E-state index in [-0.39, 0.29) is 5.97 Å². The molecule has 0 aromatic rings. The van der Waals surface area contributed by atoms with E-state index in [1.165, 1.54) is 7.11 Å². The Kier molecular flexibility index (Phi) is 5.83. The van der Waals surface area contributed by atoms with E-state index < -0.39 is 0 Å². The summed E-state index contributed by atoms with van der Waals surface area (Å²) in [4.78, 5) is 10.5. The summed E-state index contributed by atoms with van der Waals surface area (Å²) >= 11 is 0. The quantitative estimate of drug-likeness (QED) is 0.440. The second-order valence-corrected chi connectivity index (χ2v) is 1.94. The lowest BCUT2D eigenvalue weighted by Crippen LogP contribution is -1.98. The van der Waals surface area contributed by atoms with Gasteiger partial charge >= 0.3 is 5.97 Å². The minimum Gasteiger partial charge on any atom is -0.469 e. The van der Waals surface area contributed by atoms with Crippen LogP contribution < -0.4 is 0 Å². The summed E-state index contributed by atoms with van der Waals surface area (Å²) in [6.45, 7) is 3.53. The number of methoxy groups -OCH3 is 1. The molecule has 0 saturated carbocycles. The van der Waals surface area contributed by atoms with Crippen LogP contribution >= 0.6 is 0 Å². The molecule has 0 rings (SSSR count). The highest BCUT2D eigenvalue weighted by Crippen LogP contribution is 1.97. The molecular formula is C8H13O2. The highest BCUT2D eigenvalue weighted by atomic mass is 16.5. The summed E-state index contributed by atoms with van der Waals surface area (Å²) in [7, 11) is 1.40. The zero-order valence-electron chi connectivity index (χ0n) is 6.30. The van der Waals surface area contributed by atoms with Crippen molar-refractivity contribution in [3.63, 3.8) is 0 Å². The molecule has 0 aliphatic heterocycles. The SMILES string of the molecule is [CH2]/C=C/CCCC(=O)OC. The Hall–Kier alpha value is -0.790. The van der Waals surface area contributed by atoms with Gasteiger partial charge in [-0.25, -0.2) is 0 Å². The number of esters is 1. The standard InChI is InChI=1S/C8H13O2/c1-3-4-5-6-7-8(9)10-2/h3-4H,1,5-7H2,2H3/b4-3+. The second-order valence-electron chi connectivity index (χ2n) is 1.94. The van der Waals surface area contributed by atoms with Gasteiger partial charge in [-0.1, -0.05) is 12.2 Å². The maximum Gasteiger partial charge on any atom is 0.305 e. The third-order valence-corrected chi connectivity index (χ3v) is 1.15. The van der Waals surface area contributed by atoms with Crippen LogP contribution in [0.3, 0.4) is 0 Å². The van der Waals surface area contributed by atoms with E-state index in [9.17, 15) is 4.79 Å². The zero-order chi connectivity index (χ0) is 7.82. The Labute approximate surface area is 61.9 Å². The molecular weight excluding hydrogens is 128 g/mol. The van der Waals surface area contributed by atoms with Crippen molar-refractivity contribution in [2.24, 2.45) is 0 Å². The lowest BCUT2D eigenvalue weighted by atomic mass is 10.2. The van der Waals surface area contributed by atoms with Gasteiger partial charge in [0, 0.05) is 6.42 Å². The smallest absolute Gasteiger partial charge is 0.305 e. The monoisotopic (exact) mass is 141 g/mol. The summed E-state index contributed by atoms with van der Waals surface area (Å²) in [5.41, 5.74) is 0. The molecule has 2 heteroatoms. The topological polar surface area (TPSA) is 26.3 Å². The number of carbonyl (C=O) groups excluding carboxylic acids is 1. The fourth-order valence-electron chi connectivity index (χ4n) is 0.584. The third kappa shape index (κ3) is 5.35. The van der Waals surface area contributed by atoms with Crippen LogP contribution in [0.1, 0.15) is 19.3 Å². The van der Waals surface area contributed by atoms with Crippen LogP contribution in [0.2, 0.25) is 0 Å². The van der Waals surface area contributed by atoms with Crippen LogP contribution in [0.15, 0.2) is 12.2 Å². The lowest BCUT2D eigenvalue weighted by Gasteiger charge is -1.94. The van der Waals surface area contributed by atoms with Gasteiger partial charge in [0.1, 0.15) is 0 Å². The minimum absolute atomic E-state index is 0.141. The third-order valence-electron chi connectivity index (χ3n) is 1.15. The van der Waals surface area contributed by atoms with Crippen LogP contribution in [-0.2, 0) is 9.53 Å². The van der Waals surface area contributed by atoms with Crippen LogP contribution in [0.25, 0.3) is 0 Å². The molecule has 1 radical (unpaired) electrons. The van der Waals surface area contributed by atoms with Crippen molar-refractivity contribution in [3.05, 3.63) is 19.1 Å². The molecule has 0 bridgehead atoms. The Balaban J connectivity index is 3.11. The van der Waals surface area contributed by atoms with E-state index in [1.807, 2.05) is 6.08 Å². The molecule has 0 spiro atoms. The highest BCUT2D eigenvalue weighted by molar-refractivity contribution is 5.68. The first-order valence-corrected chi connectivity index (χ1v) is 3.32. The summed E-state index contributed by atoms with van der Waals surface area (Å²) in [5.74, 6) is -0.141. The lowest BCUT2D eigenvalue weighted by molar-refractivity contribution is -0.140. The van der Waals surface area contributed by atoms with Crippen molar-refractivity contribution in [1.82, 2.24) is 0 Å². The van der Waals surface area contributed by atoms with E-state index in [0.717, 1.165) is 12.8 Å². The van der Waals surface area contributed by atoms with Crippen LogP contribution in [0, 0.1) is 6.92 Å². The first kappa shape index (κ1) is 9.21. The average Bonchev–Trinajstić information content (AvgIpc) is 1.98. The normalized spacial score (nSPS) is 10.2. The fourth-order valence-corrected chi connectivity index (χ4v) is 0.584. The van der Waals surface area contributed by atoms with Crippen molar-refractivity contribution >= 4 is 5.97 Å². The predicted molar refractivity (Wildman–Crippen MR) is 40.4 cm³/mol. The molecule has 57 valence electrons. The Morgan fingerprint density at radius 1 is 1.70 bits per heavy atom. The Morgan fingerprint density at radius 2 is 2.40 bits per heavy atom. The summed E-state index contributed by atoms with van der Waals surface area (Å²) in [6.07, 6.45) is 5.92. The number of allylic oxidation sites excluding steroid dienone is 2. The number of rotatable bonds is 4. The molecule has 0 atom stereocenters. The first-order valence-electron chi connectivity index (χ1n) is 3.32. The number of ether oxygens (including phenoxy) is 1. The van der Waals surface area contributed by atoms with Gasteiger partial charge in [0.15, 0.2) is 0 Å². The molecule has 0 aliphatic carbocycles. The molecule has 0 amide bonds. The Bertz CT molecular complexity index is 116. The van der Waals surface area contributed by atoms with E-state index in [2.05, 4.69) is 11.7 Å². The maximum absolute atomic E-state index is 10.5. The molecule has 2 nitrogen and oxygen atoms in total. The number of hydrogen-bond donors (Lipinski definition) is 0. The van der Waals surface area contributed by atoms with Gasteiger partial charge in [-0.3, -0.25) is 4.79 Å². The zero-order valence-corrected chi connectivity index (χ0v) is 6.30. The van der Waals surface area contributed by atoms with Crippen LogP contribution in [-0.4, -0.2) is 13.1 Å². The summed E-state index contributed by atoms with van der Waals surface area (Å²) in [6, 6.07) is 0. The van der Waals surface area contributed by atoms with E-state index in [0.29, 0.717) is 6.42 Å². The van der Waals surface area contributed by atoms with Crippen LogP contribution in [0.5, 0.6) is 0 Å². The van der Waals surface area contributed by atoms with E-state index >= 15 is 0 Å². The van der Waals surface area contributed by atoms with Gasteiger partial charge in [-0.2, -0.15) is 0 Å². The average molecular weight is 141 g/mol.